The first-order valence-electron chi connectivity index (χ1n) is 13.3. The van der Waals surface area contributed by atoms with E-state index < -0.39 is 41.9 Å². The summed E-state index contributed by atoms with van der Waals surface area (Å²) < 4.78 is 61.9. The minimum absolute atomic E-state index is 0.0115. The van der Waals surface area contributed by atoms with Crippen molar-refractivity contribution < 1.29 is 27.1 Å². The maximum absolute atomic E-state index is 15.1. The molecule has 9 nitrogen and oxygen atoms in total. The van der Waals surface area contributed by atoms with Crippen molar-refractivity contribution in [3.63, 3.8) is 0 Å². The molecule has 1 aromatic carbocycles. The summed E-state index contributed by atoms with van der Waals surface area (Å²) in [4.78, 5) is 30.9. The number of ether oxygens (including phenoxy) is 1. The lowest BCUT2D eigenvalue weighted by Crippen LogP contribution is -2.52. The maximum Gasteiger partial charge on any atom is 0.283 e. The smallest absolute Gasteiger partial charge is 0.283 e. The van der Waals surface area contributed by atoms with Crippen molar-refractivity contribution in [3.05, 3.63) is 48.3 Å². The molecule has 2 aliphatic heterocycles. The predicted molar refractivity (Wildman–Crippen MR) is 147 cm³/mol. The first-order chi connectivity index (χ1) is 19.5. The van der Waals surface area contributed by atoms with Gasteiger partial charge in [-0.3, -0.25) is 4.79 Å². The summed E-state index contributed by atoms with van der Waals surface area (Å²) in [7, 11) is 4.18. The first kappa shape index (κ1) is 28.5. The molecule has 0 radical (unpaired) electrons. The molecule has 0 bridgehead atoms. The molecule has 218 valence electrons. The van der Waals surface area contributed by atoms with E-state index >= 15 is 4.39 Å². The van der Waals surface area contributed by atoms with Crippen LogP contribution in [0.15, 0.2) is 36.7 Å². The van der Waals surface area contributed by atoms with E-state index in [0.29, 0.717) is 11.9 Å². The summed E-state index contributed by atoms with van der Waals surface area (Å²) in [5, 5.41) is 2.93. The lowest BCUT2D eigenvalue weighted by atomic mass is 10.0. The van der Waals surface area contributed by atoms with Crippen LogP contribution in [0.3, 0.4) is 0 Å². The van der Waals surface area contributed by atoms with Gasteiger partial charge < -0.3 is 24.8 Å². The number of aromatic nitrogens is 3. The third-order valence-corrected chi connectivity index (χ3v) is 7.32. The van der Waals surface area contributed by atoms with Gasteiger partial charge in [-0.2, -0.15) is 0 Å². The van der Waals surface area contributed by atoms with E-state index in [2.05, 4.69) is 44.2 Å². The summed E-state index contributed by atoms with van der Waals surface area (Å²) in [5.74, 6) is -2.95. The Morgan fingerprint density at radius 2 is 1.78 bits per heavy atom. The van der Waals surface area contributed by atoms with Crippen LogP contribution in [0, 0.1) is 11.6 Å². The van der Waals surface area contributed by atoms with Crippen LogP contribution in [0.2, 0.25) is 0 Å². The number of piperidine rings is 1. The van der Waals surface area contributed by atoms with Crippen molar-refractivity contribution in [2.75, 3.05) is 42.3 Å². The fourth-order valence-corrected chi connectivity index (χ4v) is 5.17. The second-order valence-electron chi connectivity index (χ2n) is 10.6. The van der Waals surface area contributed by atoms with Crippen molar-refractivity contribution in [2.24, 2.45) is 0 Å². The largest absolute Gasteiger partial charge is 0.469 e. The molecule has 3 aromatic rings. The molecule has 1 N–H and O–H groups in total. The van der Waals surface area contributed by atoms with Crippen LogP contribution in [0.4, 0.5) is 40.7 Å². The van der Waals surface area contributed by atoms with Gasteiger partial charge in [-0.25, -0.2) is 32.5 Å². The van der Waals surface area contributed by atoms with E-state index in [9.17, 15) is 18.0 Å². The third kappa shape index (κ3) is 5.76. The lowest BCUT2D eigenvalue weighted by molar-refractivity contribution is -0.134. The van der Waals surface area contributed by atoms with Gasteiger partial charge in [0.15, 0.2) is 17.4 Å². The van der Waals surface area contributed by atoms with Gasteiger partial charge >= 0.3 is 0 Å². The van der Waals surface area contributed by atoms with Crippen molar-refractivity contribution in [2.45, 2.75) is 51.3 Å². The Labute approximate surface area is 235 Å². The number of anilines is 4. The molecule has 1 amide bonds. The Morgan fingerprint density at radius 1 is 1.05 bits per heavy atom. The Bertz CT molecular complexity index is 1410. The van der Waals surface area contributed by atoms with Crippen molar-refractivity contribution >= 4 is 29.0 Å². The fourth-order valence-electron chi connectivity index (χ4n) is 5.17. The molecule has 1 atom stereocenters. The molecule has 2 aromatic heterocycles. The first-order valence-corrected chi connectivity index (χ1v) is 13.3. The van der Waals surface area contributed by atoms with E-state index in [-0.39, 0.29) is 22.9 Å². The monoisotopic (exact) mass is 573 g/mol. The summed E-state index contributed by atoms with van der Waals surface area (Å²) in [6.07, 6.45) is -0.497. The van der Waals surface area contributed by atoms with Gasteiger partial charge in [-0.1, -0.05) is 0 Å². The van der Waals surface area contributed by atoms with Crippen molar-refractivity contribution in [3.8, 4) is 17.0 Å². The van der Waals surface area contributed by atoms with Crippen LogP contribution < -0.4 is 19.9 Å². The molecule has 4 heterocycles. The highest BCUT2D eigenvalue weighted by Crippen LogP contribution is 2.42. The van der Waals surface area contributed by atoms with Gasteiger partial charge in [0.1, 0.15) is 11.5 Å². The Balaban J connectivity index is 1.38. The quantitative estimate of drug-likeness (QED) is 0.402. The number of amides is 1. The maximum atomic E-state index is 15.1. The summed E-state index contributed by atoms with van der Waals surface area (Å²) in [5.41, 5.74) is 0.623. The molecule has 5 rings (SSSR count). The Kier molecular flexibility index (Phi) is 7.98. The van der Waals surface area contributed by atoms with E-state index in [0.717, 1.165) is 48.8 Å². The summed E-state index contributed by atoms with van der Waals surface area (Å²) >= 11 is 0. The number of fused-ring (bicyclic) bond motifs is 1. The van der Waals surface area contributed by atoms with Gasteiger partial charge in [0.2, 0.25) is 12.1 Å². The molecule has 41 heavy (non-hydrogen) atoms. The number of nitrogens with one attached hydrogen (secondary N) is 1. The zero-order chi connectivity index (χ0) is 29.4. The molecule has 1 fully saturated rings. The standard InChI is InChI=1S/C28H31F4N7O2/c1-15(2)39-21-12-16(11-19(29)24(21)41-25(26(31)32)27(39)40)23-20(30)14-34-28(36-23)35-22-6-5-18(13-33-22)38-9-7-17(8-10-38)37(3)4/h5-6,11-15,17,25-26H,7-10H2,1-4H3,(H,33,34,35,36). The highest BCUT2D eigenvalue weighted by atomic mass is 19.3. The van der Waals surface area contributed by atoms with Crippen LogP contribution in [-0.2, 0) is 4.79 Å². The number of halogens is 4. The number of pyridine rings is 1. The van der Waals surface area contributed by atoms with Gasteiger partial charge in [-0.05, 0) is 65.0 Å². The minimum atomic E-state index is -3.15. The van der Waals surface area contributed by atoms with E-state index in [1.165, 1.54) is 6.07 Å². The molecule has 2 aliphatic rings. The van der Waals surface area contributed by atoms with Gasteiger partial charge in [0.05, 0.1) is 23.8 Å². The Hall–Kier alpha value is -4.00. The molecule has 0 spiro atoms. The molecule has 0 saturated carbocycles. The summed E-state index contributed by atoms with van der Waals surface area (Å²) in [6, 6.07) is 5.88. The molecular weight excluding hydrogens is 542 g/mol. The second kappa shape index (κ2) is 11.5. The van der Waals surface area contributed by atoms with Crippen LogP contribution in [0.25, 0.3) is 11.3 Å². The average Bonchev–Trinajstić information content (AvgIpc) is 2.93. The number of carbonyl (C=O) groups excluding carboxylic acids is 1. The van der Waals surface area contributed by atoms with Crippen LogP contribution in [-0.4, -0.2) is 77.6 Å². The van der Waals surface area contributed by atoms with E-state index in [1.807, 2.05) is 6.07 Å². The second-order valence-corrected chi connectivity index (χ2v) is 10.6. The van der Waals surface area contributed by atoms with Gasteiger partial charge in [0, 0.05) is 30.7 Å². The van der Waals surface area contributed by atoms with E-state index in [4.69, 9.17) is 4.74 Å². The minimum Gasteiger partial charge on any atom is -0.469 e. The fraction of sp³-hybridized carbons (Fsp3) is 0.429. The van der Waals surface area contributed by atoms with Gasteiger partial charge in [0.25, 0.3) is 12.3 Å². The number of benzene rings is 1. The van der Waals surface area contributed by atoms with E-state index in [1.54, 1.807) is 26.1 Å². The number of hydrogen-bond donors (Lipinski definition) is 1. The lowest BCUT2D eigenvalue weighted by Gasteiger charge is -2.36. The topological polar surface area (TPSA) is 86.7 Å². The molecule has 1 unspecified atom stereocenters. The average molecular weight is 574 g/mol. The number of carbonyl (C=O) groups is 1. The van der Waals surface area contributed by atoms with Crippen LogP contribution in [0.1, 0.15) is 26.7 Å². The zero-order valence-electron chi connectivity index (χ0n) is 23.1. The van der Waals surface area contributed by atoms with Crippen molar-refractivity contribution in [1.82, 2.24) is 19.9 Å². The highest BCUT2D eigenvalue weighted by Gasteiger charge is 2.43. The number of rotatable bonds is 7. The third-order valence-electron chi connectivity index (χ3n) is 7.32. The van der Waals surface area contributed by atoms with Gasteiger partial charge in [-0.15, -0.1) is 0 Å². The highest BCUT2D eigenvalue weighted by molar-refractivity contribution is 6.01. The van der Waals surface area contributed by atoms with Crippen molar-refractivity contribution in [1.29, 1.82) is 0 Å². The van der Waals surface area contributed by atoms with Crippen LogP contribution in [0.5, 0.6) is 5.75 Å². The summed E-state index contributed by atoms with van der Waals surface area (Å²) in [6.45, 7) is 5.04. The molecule has 1 saturated heterocycles. The normalized spacial score (nSPS) is 17.8. The number of alkyl halides is 2. The predicted octanol–water partition coefficient (Wildman–Crippen LogP) is 4.86. The molecule has 0 aliphatic carbocycles. The van der Waals surface area contributed by atoms with Crippen LogP contribution >= 0.6 is 0 Å². The molecule has 13 heteroatoms. The zero-order valence-corrected chi connectivity index (χ0v) is 23.1. The number of nitrogens with zero attached hydrogens (tertiary/aromatic N) is 6. The molecular formula is C28H31F4N7O2. The Morgan fingerprint density at radius 3 is 2.39 bits per heavy atom. The number of hydrogen-bond acceptors (Lipinski definition) is 8. The SMILES string of the molecule is CC(C)N1C(=O)C(C(F)F)Oc2c(F)cc(-c3nc(Nc4ccc(N5CCC(N(C)C)CC5)cn4)ncc3F)cc21.